The van der Waals surface area contributed by atoms with Gasteiger partial charge in [0.15, 0.2) is 0 Å². The number of halogens is 2. The van der Waals surface area contributed by atoms with Crippen molar-refractivity contribution in [2.75, 3.05) is 14.1 Å². The zero-order valence-electron chi connectivity index (χ0n) is 12.4. The minimum Gasteiger partial charge on any atom is -0.489 e. The zero-order valence-corrected chi connectivity index (χ0v) is 12.4. The number of benzene rings is 2. The Morgan fingerprint density at radius 2 is 1.64 bits per heavy atom. The van der Waals surface area contributed by atoms with E-state index in [0.717, 1.165) is 10.5 Å². The van der Waals surface area contributed by atoms with Crippen molar-refractivity contribution in [3.8, 4) is 5.75 Å². The SMILES string of the molecule is CN(C)C(=O)C(F)(F)c1ccc(OCc2ccccc2)cc1. The van der Waals surface area contributed by atoms with E-state index in [-0.39, 0.29) is 5.56 Å². The van der Waals surface area contributed by atoms with E-state index < -0.39 is 11.8 Å². The predicted octanol–water partition coefficient (Wildman–Crippen LogP) is 3.45. The summed E-state index contributed by atoms with van der Waals surface area (Å²) < 4.78 is 33.4. The highest BCUT2D eigenvalue weighted by molar-refractivity contribution is 5.84. The molecule has 1 amide bonds. The van der Waals surface area contributed by atoms with Gasteiger partial charge >= 0.3 is 5.92 Å². The number of carbonyl (C=O) groups excluding carboxylic acids is 1. The molecular weight excluding hydrogens is 288 g/mol. The van der Waals surface area contributed by atoms with Gasteiger partial charge in [-0.15, -0.1) is 0 Å². The Hall–Kier alpha value is -2.43. The second-order valence-corrected chi connectivity index (χ2v) is 5.07. The molecule has 5 heteroatoms. The number of ether oxygens (including phenoxy) is 1. The molecule has 2 rings (SSSR count). The standard InChI is InChI=1S/C17H17F2NO2/c1-20(2)16(21)17(18,19)14-8-10-15(11-9-14)22-12-13-6-4-3-5-7-13/h3-11H,12H2,1-2H3. The lowest BCUT2D eigenvalue weighted by atomic mass is 10.1. The molecule has 0 aliphatic heterocycles. The van der Waals surface area contributed by atoms with Gasteiger partial charge < -0.3 is 9.64 Å². The molecule has 22 heavy (non-hydrogen) atoms. The van der Waals surface area contributed by atoms with Crippen LogP contribution in [0.5, 0.6) is 5.75 Å². The van der Waals surface area contributed by atoms with Crippen molar-refractivity contribution in [1.29, 1.82) is 0 Å². The van der Waals surface area contributed by atoms with Crippen LogP contribution in [-0.4, -0.2) is 24.9 Å². The molecule has 0 aliphatic carbocycles. The average Bonchev–Trinajstić information content (AvgIpc) is 2.53. The molecule has 0 radical (unpaired) electrons. The normalized spacial score (nSPS) is 11.1. The Labute approximate surface area is 128 Å². The van der Waals surface area contributed by atoms with Gasteiger partial charge in [0.25, 0.3) is 5.91 Å². The Morgan fingerprint density at radius 1 is 1.05 bits per heavy atom. The third-order valence-electron chi connectivity index (χ3n) is 3.14. The fourth-order valence-corrected chi connectivity index (χ4v) is 1.91. The van der Waals surface area contributed by atoms with Crippen LogP contribution in [0.1, 0.15) is 11.1 Å². The topological polar surface area (TPSA) is 29.5 Å². The summed E-state index contributed by atoms with van der Waals surface area (Å²) in [5, 5.41) is 0. The second-order valence-electron chi connectivity index (χ2n) is 5.07. The first-order chi connectivity index (χ1) is 10.4. The molecule has 0 N–H and O–H groups in total. The van der Waals surface area contributed by atoms with Crippen molar-refractivity contribution in [1.82, 2.24) is 4.90 Å². The molecule has 0 bridgehead atoms. The summed E-state index contributed by atoms with van der Waals surface area (Å²) in [5.41, 5.74) is 0.637. The summed E-state index contributed by atoms with van der Waals surface area (Å²) >= 11 is 0. The zero-order chi connectivity index (χ0) is 16.2. The van der Waals surface area contributed by atoms with Gasteiger partial charge in [-0.25, -0.2) is 0 Å². The molecular formula is C17H17F2NO2. The second kappa shape index (κ2) is 6.56. The van der Waals surface area contributed by atoms with Crippen molar-refractivity contribution in [3.05, 3.63) is 65.7 Å². The third kappa shape index (κ3) is 3.61. The quantitative estimate of drug-likeness (QED) is 0.847. The molecule has 0 fully saturated rings. The number of nitrogens with zero attached hydrogens (tertiary/aromatic N) is 1. The van der Waals surface area contributed by atoms with Gasteiger partial charge in [0, 0.05) is 19.7 Å². The molecule has 2 aromatic rings. The molecule has 0 unspecified atom stereocenters. The van der Waals surface area contributed by atoms with E-state index in [4.69, 9.17) is 4.74 Å². The third-order valence-corrected chi connectivity index (χ3v) is 3.14. The maximum absolute atomic E-state index is 14.0. The van der Waals surface area contributed by atoms with Crippen LogP contribution in [0, 0.1) is 0 Å². The molecule has 0 heterocycles. The van der Waals surface area contributed by atoms with Crippen molar-refractivity contribution in [2.45, 2.75) is 12.5 Å². The molecule has 116 valence electrons. The van der Waals surface area contributed by atoms with Gasteiger partial charge in [0.2, 0.25) is 0 Å². The minimum absolute atomic E-state index is 0.349. The van der Waals surface area contributed by atoms with Crippen LogP contribution in [0.4, 0.5) is 8.78 Å². The molecule has 3 nitrogen and oxygen atoms in total. The molecule has 2 aromatic carbocycles. The fourth-order valence-electron chi connectivity index (χ4n) is 1.91. The smallest absolute Gasteiger partial charge is 0.349 e. The van der Waals surface area contributed by atoms with E-state index in [9.17, 15) is 13.6 Å². The number of amides is 1. The number of likely N-dealkylation sites (N-methyl/N-ethyl adjacent to an activating group) is 1. The van der Waals surface area contributed by atoms with E-state index >= 15 is 0 Å². The van der Waals surface area contributed by atoms with Crippen LogP contribution in [-0.2, 0) is 17.3 Å². The van der Waals surface area contributed by atoms with Gasteiger partial charge in [0.1, 0.15) is 12.4 Å². The monoisotopic (exact) mass is 305 g/mol. The van der Waals surface area contributed by atoms with Crippen LogP contribution in [0.25, 0.3) is 0 Å². The van der Waals surface area contributed by atoms with Gasteiger partial charge in [-0.3, -0.25) is 4.79 Å². The van der Waals surface area contributed by atoms with Crippen molar-refractivity contribution in [3.63, 3.8) is 0 Å². The molecule has 0 atom stereocenters. The van der Waals surface area contributed by atoms with Gasteiger partial charge in [0.05, 0.1) is 0 Å². The van der Waals surface area contributed by atoms with E-state index in [1.807, 2.05) is 30.3 Å². The van der Waals surface area contributed by atoms with Gasteiger partial charge in [-0.2, -0.15) is 8.78 Å². The fraction of sp³-hybridized carbons (Fsp3) is 0.235. The Balaban J connectivity index is 2.05. The maximum Gasteiger partial charge on any atom is 0.349 e. The number of rotatable bonds is 5. The summed E-state index contributed by atoms with van der Waals surface area (Å²) in [6.07, 6.45) is 0. The highest BCUT2D eigenvalue weighted by Crippen LogP contribution is 2.31. The molecule has 0 saturated carbocycles. The minimum atomic E-state index is -3.54. The van der Waals surface area contributed by atoms with Crippen molar-refractivity contribution >= 4 is 5.91 Å². The molecule has 0 aliphatic rings. The van der Waals surface area contributed by atoms with Gasteiger partial charge in [-0.1, -0.05) is 30.3 Å². The van der Waals surface area contributed by atoms with E-state index in [1.165, 1.54) is 38.4 Å². The average molecular weight is 305 g/mol. The summed E-state index contributed by atoms with van der Waals surface area (Å²) in [4.78, 5) is 12.4. The summed E-state index contributed by atoms with van der Waals surface area (Å²) in [7, 11) is 2.60. The number of hydrogen-bond acceptors (Lipinski definition) is 2. The lowest BCUT2D eigenvalue weighted by Gasteiger charge is -2.20. The summed E-state index contributed by atoms with van der Waals surface area (Å²) in [6, 6.07) is 14.8. The Bertz CT molecular complexity index is 625. The molecule has 0 spiro atoms. The first-order valence-electron chi connectivity index (χ1n) is 6.78. The first kappa shape index (κ1) is 15.9. The van der Waals surface area contributed by atoms with E-state index in [1.54, 1.807) is 0 Å². The maximum atomic E-state index is 14.0. The Kier molecular flexibility index (Phi) is 4.75. The number of carbonyl (C=O) groups is 1. The van der Waals surface area contributed by atoms with Crippen LogP contribution in [0.3, 0.4) is 0 Å². The predicted molar refractivity (Wildman–Crippen MR) is 79.8 cm³/mol. The van der Waals surface area contributed by atoms with Crippen LogP contribution in [0.2, 0.25) is 0 Å². The van der Waals surface area contributed by atoms with Crippen LogP contribution >= 0.6 is 0 Å². The highest BCUT2D eigenvalue weighted by Gasteiger charge is 2.41. The summed E-state index contributed by atoms with van der Waals surface area (Å²) in [6.45, 7) is 0.354. The lowest BCUT2D eigenvalue weighted by Crippen LogP contribution is -2.37. The van der Waals surface area contributed by atoms with Gasteiger partial charge in [-0.05, 0) is 29.8 Å². The lowest BCUT2D eigenvalue weighted by molar-refractivity contribution is -0.156. The molecule has 0 aromatic heterocycles. The number of alkyl halides is 2. The van der Waals surface area contributed by atoms with E-state index in [0.29, 0.717) is 12.4 Å². The summed E-state index contributed by atoms with van der Waals surface area (Å²) in [5.74, 6) is -4.31. The van der Waals surface area contributed by atoms with E-state index in [2.05, 4.69) is 0 Å². The molecule has 0 saturated heterocycles. The Morgan fingerprint density at radius 3 is 2.18 bits per heavy atom. The largest absolute Gasteiger partial charge is 0.489 e. The van der Waals surface area contributed by atoms with Crippen LogP contribution < -0.4 is 4.74 Å². The van der Waals surface area contributed by atoms with Crippen molar-refractivity contribution in [2.24, 2.45) is 0 Å². The van der Waals surface area contributed by atoms with Crippen LogP contribution in [0.15, 0.2) is 54.6 Å². The number of hydrogen-bond donors (Lipinski definition) is 0. The first-order valence-corrected chi connectivity index (χ1v) is 6.78. The van der Waals surface area contributed by atoms with Crippen molar-refractivity contribution < 1.29 is 18.3 Å². The highest BCUT2D eigenvalue weighted by atomic mass is 19.3.